The van der Waals surface area contributed by atoms with Gasteiger partial charge in [-0.25, -0.2) is 9.78 Å². The minimum atomic E-state index is -0.501. The molecular formula is C12H14N2O3S. The maximum atomic E-state index is 11.6. The summed E-state index contributed by atoms with van der Waals surface area (Å²) in [5.41, 5.74) is 0.229. The van der Waals surface area contributed by atoms with Crippen molar-refractivity contribution in [3.8, 4) is 11.8 Å². The highest BCUT2D eigenvalue weighted by atomic mass is 32.1. The molecule has 0 saturated carbocycles. The van der Waals surface area contributed by atoms with Crippen LogP contribution in [0.5, 0.6) is 0 Å². The minimum absolute atomic E-state index is 0.190. The molecule has 0 aliphatic carbocycles. The third-order valence-electron chi connectivity index (χ3n) is 1.90. The predicted molar refractivity (Wildman–Crippen MR) is 68.5 cm³/mol. The van der Waals surface area contributed by atoms with E-state index in [1.807, 2.05) is 0 Å². The molecule has 1 N–H and O–H groups in total. The Morgan fingerprint density at radius 3 is 3.00 bits per heavy atom. The van der Waals surface area contributed by atoms with Gasteiger partial charge in [0.25, 0.3) is 5.91 Å². The minimum Gasteiger partial charge on any atom is -0.461 e. The van der Waals surface area contributed by atoms with Crippen LogP contribution < -0.4 is 5.32 Å². The van der Waals surface area contributed by atoms with Crippen molar-refractivity contribution >= 4 is 23.2 Å². The van der Waals surface area contributed by atoms with E-state index in [-0.39, 0.29) is 23.2 Å². The van der Waals surface area contributed by atoms with Crippen LogP contribution in [-0.4, -0.2) is 30.0 Å². The van der Waals surface area contributed by atoms with Crippen LogP contribution in [0.1, 0.15) is 40.6 Å². The number of rotatable bonds is 5. The summed E-state index contributed by atoms with van der Waals surface area (Å²) < 4.78 is 4.79. The van der Waals surface area contributed by atoms with E-state index < -0.39 is 5.97 Å². The summed E-state index contributed by atoms with van der Waals surface area (Å²) in [7, 11) is 0. The van der Waals surface area contributed by atoms with Crippen LogP contribution in [-0.2, 0) is 4.74 Å². The maximum Gasteiger partial charge on any atom is 0.367 e. The molecule has 0 fully saturated rings. The summed E-state index contributed by atoms with van der Waals surface area (Å²) in [6, 6.07) is 0. The Balaban J connectivity index is 2.53. The zero-order valence-electron chi connectivity index (χ0n) is 10.3. The molecule has 6 heteroatoms. The summed E-state index contributed by atoms with van der Waals surface area (Å²) >= 11 is 1.10. The van der Waals surface area contributed by atoms with Crippen LogP contribution >= 0.6 is 11.3 Å². The number of carbonyl (C=O) groups is 2. The zero-order valence-corrected chi connectivity index (χ0v) is 11.1. The second kappa shape index (κ2) is 7.45. The summed E-state index contributed by atoms with van der Waals surface area (Å²) in [6.45, 7) is 4.21. The monoisotopic (exact) mass is 266 g/mol. The number of carbonyl (C=O) groups excluding carboxylic acids is 2. The van der Waals surface area contributed by atoms with Gasteiger partial charge in [-0.2, -0.15) is 0 Å². The number of nitrogens with one attached hydrogen (secondary N) is 1. The van der Waals surface area contributed by atoms with Crippen LogP contribution in [0.4, 0.5) is 0 Å². The number of ether oxygens (including phenoxy) is 1. The molecule has 1 heterocycles. The molecule has 96 valence electrons. The first-order chi connectivity index (χ1) is 8.69. The van der Waals surface area contributed by atoms with Gasteiger partial charge in [-0.1, -0.05) is 0 Å². The van der Waals surface area contributed by atoms with Gasteiger partial charge in [0.05, 0.1) is 6.61 Å². The van der Waals surface area contributed by atoms with Crippen molar-refractivity contribution in [2.24, 2.45) is 0 Å². The molecule has 0 aliphatic heterocycles. The van der Waals surface area contributed by atoms with Gasteiger partial charge in [-0.15, -0.1) is 23.2 Å². The van der Waals surface area contributed by atoms with Crippen LogP contribution in [0.15, 0.2) is 5.38 Å². The van der Waals surface area contributed by atoms with Gasteiger partial charge in [0.15, 0.2) is 0 Å². The number of aromatic nitrogens is 1. The maximum absolute atomic E-state index is 11.6. The summed E-state index contributed by atoms with van der Waals surface area (Å²) in [5, 5.41) is 4.39. The van der Waals surface area contributed by atoms with Crippen molar-refractivity contribution in [3.05, 3.63) is 16.1 Å². The predicted octanol–water partition coefficient (Wildman–Crippen LogP) is 1.46. The van der Waals surface area contributed by atoms with Gasteiger partial charge in [0, 0.05) is 18.3 Å². The van der Waals surface area contributed by atoms with E-state index in [0.717, 1.165) is 11.3 Å². The molecule has 1 aromatic heterocycles. The molecular weight excluding hydrogens is 252 g/mol. The van der Waals surface area contributed by atoms with Crippen molar-refractivity contribution < 1.29 is 14.3 Å². The molecule has 1 aromatic rings. The smallest absolute Gasteiger partial charge is 0.367 e. The number of hydrogen-bond acceptors (Lipinski definition) is 5. The molecule has 0 radical (unpaired) electrons. The first-order valence-corrected chi connectivity index (χ1v) is 6.37. The second-order valence-corrected chi connectivity index (χ2v) is 4.05. The molecule has 0 unspecified atom stereocenters. The Bertz CT molecular complexity index is 485. The Hall–Kier alpha value is -1.87. The lowest BCUT2D eigenvalue weighted by Crippen LogP contribution is -2.24. The Morgan fingerprint density at radius 1 is 1.56 bits per heavy atom. The van der Waals surface area contributed by atoms with Gasteiger partial charge in [-0.3, -0.25) is 4.79 Å². The van der Waals surface area contributed by atoms with Crippen LogP contribution in [0.3, 0.4) is 0 Å². The lowest BCUT2D eigenvalue weighted by atomic mass is 10.4. The molecule has 5 nitrogen and oxygen atoms in total. The average Bonchev–Trinajstić information content (AvgIpc) is 2.84. The van der Waals surface area contributed by atoms with Gasteiger partial charge in [0.2, 0.25) is 5.01 Å². The van der Waals surface area contributed by atoms with Crippen LogP contribution in [0, 0.1) is 11.8 Å². The fourth-order valence-corrected chi connectivity index (χ4v) is 1.81. The summed E-state index contributed by atoms with van der Waals surface area (Å²) in [5.74, 6) is 4.77. The molecule has 0 saturated heterocycles. The number of esters is 1. The van der Waals surface area contributed by atoms with E-state index in [1.54, 1.807) is 13.8 Å². The molecule has 0 aliphatic rings. The van der Waals surface area contributed by atoms with Crippen molar-refractivity contribution in [1.29, 1.82) is 0 Å². The largest absolute Gasteiger partial charge is 0.461 e. The third-order valence-corrected chi connectivity index (χ3v) is 2.72. The summed E-state index contributed by atoms with van der Waals surface area (Å²) in [4.78, 5) is 26.9. The third kappa shape index (κ3) is 4.18. The van der Waals surface area contributed by atoms with Crippen LogP contribution in [0.25, 0.3) is 0 Å². The first kappa shape index (κ1) is 14.2. The van der Waals surface area contributed by atoms with Gasteiger partial charge in [0.1, 0.15) is 5.69 Å². The highest BCUT2D eigenvalue weighted by molar-refractivity contribution is 7.11. The molecule has 0 aromatic carbocycles. The Kier molecular flexibility index (Phi) is 5.88. The van der Waals surface area contributed by atoms with Gasteiger partial charge in [-0.05, 0) is 13.8 Å². The standard InChI is InChI=1S/C12H14N2O3S/c1-3-5-6-7-13-10(15)9-8-18-11(14-9)12(16)17-4-2/h8H,4,6-7H2,1-2H3,(H,13,15). The number of amides is 1. The summed E-state index contributed by atoms with van der Waals surface area (Å²) in [6.07, 6.45) is 0.594. The van der Waals surface area contributed by atoms with Crippen molar-refractivity contribution in [3.63, 3.8) is 0 Å². The quantitative estimate of drug-likeness (QED) is 0.498. The first-order valence-electron chi connectivity index (χ1n) is 5.49. The lowest BCUT2D eigenvalue weighted by molar-refractivity contribution is 0.0526. The fourth-order valence-electron chi connectivity index (χ4n) is 1.12. The van der Waals surface area contributed by atoms with E-state index in [4.69, 9.17) is 4.74 Å². The van der Waals surface area contributed by atoms with Crippen molar-refractivity contribution in [2.45, 2.75) is 20.3 Å². The van der Waals surface area contributed by atoms with E-state index in [1.165, 1.54) is 5.38 Å². The lowest BCUT2D eigenvalue weighted by Gasteiger charge is -1.99. The van der Waals surface area contributed by atoms with Crippen LogP contribution in [0.2, 0.25) is 0 Å². The van der Waals surface area contributed by atoms with Crippen molar-refractivity contribution in [1.82, 2.24) is 10.3 Å². The Labute approximate surface area is 110 Å². The molecule has 1 amide bonds. The number of nitrogens with zero attached hydrogens (tertiary/aromatic N) is 1. The molecule has 0 bridgehead atoms. The number of hydrogen-bond donors (Lipinski definition) is 1. The highest BCUT2D eigenvalue weighted by Gasteiger charge is 2.15. The SMILES string of the molecule is CC#CCCNC(=O)c1csc(C(=O)OCC)n1. The second-order valence-electron chi connectivity index (χ2n) is 3.19. The molecule has 18 heavy (non-hydrogen) atoms. The highest BCUT2D eigenvalue weighted by Crippen LogP contribution is 2.11. The topological polar surface area (TPSA) is 68.3 Å². The Morgan fingerprint density at radius 2 is 2.33 bits per heavy atom. The molecule has 0 spiro atoms. The van der Waals surface area contributed by atoms with E-state index >= 15 is 0 Å². The van der Waals surface area contributed by atoms with E-state index in [2.05, 4.69) is 22.1 Å². The van der Waals surface area contributed by atoms with Gasteiger partial charge < -0.3 is 10.1 Å². The molecule has 0 atom stereocenters. The zero-order chi connectivity index (χ0) is 13.4. The number of thiazole rings is 1. The molecule has 1 rings (SSSR count). The van der Waals surface area contributed by atoms with Crippen molar-refractivity contribution in [2.75, 3.05) is 13.2 Å². The van der Waals surface area contributed by atoms with E-state index in [0.29, 0.717) is 13.0 Å². The van der Waals surface area contributed by atoms with Gasteiger partial charge >= 0.3 is 5.97 Å². The van der Waals surface area contributed by atoms with E-state index in [9.17, 15) is 9.59 Å². The average molecular weight is 266 g/mol. The normalized spacial score (nSPS) is 9.22. The fraction of sp³-hybridized carbons (Fsp3) is 0.417.